The van der Waals surface area contributed by atoms with E-state index in [1.54, 1.807) is 24.3 Å². The van der Waals surface area contributed by atoms with Crippen LogP contribution in [0, 0.1) is 0 Å². The number of nitrogens with one attached hydrogen (secondary N) is 2. The molecule has 1 aromatic rings. The van der Waals surface area contributed by atoms with Crippen LogP contribution in [0.2, 0.25) is 0 Å². The van der Waals surface area contributed by atoms with Crippen molar-refractivity contribution in [1.82, 2.24) is 10.6 Å². The van der Waals surface area contributed by atoms with Crippen molar-refractivity contribution in [2.75, 3.05) is 26.9 Å². The van der Waals surface area contributed by atoms with Crippen LogP contribution in [0.5, 0.6) is 5.75 Å². The number of carbonyl (C=O) groups excluding carboxylic acids is 3. The fourth-order valence-corrected chi connectivity index (χ4v) is 1.87. The molecule has 0 aliphatic carbocycles. The summed E-state index contributed by atoms with van der Waals surface area (Å²) in [6, 6.07) is 5.40. The normalized spacial score (nSPS) is 11.3. The minimum atomic E-state index is -1.16. The first-order chi connectivity index (χ1) is 12.0. The zero-order chi connectivity index (χ0) is 18.7. The third-order valence-corrected chi connectivity index (χ3v) is 3.30. The van der Waals surface area contributed by atoms with E-state index in [4.69, 9.17) is 9.84 Å². The minimum absolute atomic E-state index is 0.332. The van der Waals surface area contributed by atoms with Crippen LogP contribution in [0.15, 0.2) is 24.3 Å². The van der Waals surface area contributed by atoms with Crippen LogP contribution in [-0.2, 0) is 14.3 Å². The molecule has 1 rings (SSSR count). The molecular weight excluding hydrogens is 328 g/mol. The fraction of sp³-hybridized carbons (Fsp3) is 0.471. The molecule has 8 nitrogen and oxygen atoms in total. The molecule has 0 unspecified atom stereocenters. The van der Waals surface area contributed by atoms with Gasteiger partial charge in [-0.3, -0.25) is 9.59 Å². The Morgan fingerprint density at radius 2 is 1.88 bits per heavy atom. The molecule has 0 aromatic heterocycles. The Morgan fingerprint density at radius 3 is 2.44 bits per heavy atom. The molecule has 0 spiro atoms. The van der Waals surface area contributed by atoms with Gasteiger partial charge in [0.05, 0.1) is 26.9 Å². The van der Waals surface area contributed by atoms with Crippen LogP contribution in [0.25, 0.3) is 0 Å². The topological polar surface area (TPSA) is 114 Å². The Labute approximate surface area is 146 Å². The van der Waals surface area contributed by atoms with E-state index in [0.717, 1.165) is 20.0 Å². The Morgan fingerprint density at radius 1 is 1.20 bits per heavy atom. The molecule has 1 atom stereocenters. The summed E-state index contributed by atoms with van der Waals surface area (Å²) in [6.45, 7) is 1.77. The van der Waals surface area contributed by atoms with Crippen molar-refractivity contribution in [3.05, 3.63) is 29.8 Å². The summed E-state index contributed by atoms with van der Waals surface area (Å²) in [7, 11) is 1.15. The average Bonchev–Trinajstić information content (AvgIpc) is 2.64. The molecule has 0 heterocycles. The SMILES string of the molecule is CCCCOc1ccc(C(=O)NCC(=O)N[C@@H](CO)C(=O)OC)cc1. The van der Waals surface area contributed by atoms with E-state index in [0.29, 0.717) is 17.9 Å². The third-order valence-electron chi connectivity index (χ3n) is 3.30. The van der Waals surface area contributed by atoms with Crippen molar-refractivity contribution < 1.29 is 29.0 Å². The molecule has 0 radical (unpaired) electrons. The Bertz CT molecular complexity index is 573. The van der Waals surface area contributed by atoms with Gasteiger partial charge >= 0.3 is 5.97 Å². The average molecular weight is 352 g/mol. The first kappa shape index (κ1) is 20.4. The molecule has 25 heavy (non-hydrogen) atoms. The Kier molecular flexibility index (Phi) is 9.02. The number of aliphatic hydroxyl groups is 1. The number of esters is 1. The number of rotatable bonds is 10. The highest BCUT2D eigenvalue weighted by Crippen LogP contribution is 2.12. The number of benzene rings is 1. The second-order valence-corrected chi connectivity index (χ2v) is 5.23. The molecule has 0 bridgehead atoms. The Hall–Kier alpha value is -2.61. The maximum atomic E-state index is 12.0. The molecule has 2 amide bonds. The molecule has 0 saturated heterocycles. The molecule has 0 fully saturated rings. The second kappa shape index (κ2) is 11.0. The molecule has 3 N–H and O–H groups in total. The number of carbonyl (C=O) groups is 3. The predicted octanol–water partition coefficient (Wildman–Crippen LogP) is 0.245. The standard InChI is InChI=1S/C17H24N2O6/c1-3-4-9-25-13-7-5-12(6-8-13)16(22)18-10-15(21)19-14(11-20)17(23)24-2/h5-8,14,20H,3-4,9-11H2,1-2H3,(H,18,22)(H,19,21)/t14-/m0/s1. The number of unbranched alkanes of at least 4 members (excludes halogenated alkanes) is 1. The van der Waals surface area contributed by atoms with E-state index < -0.39 is 30.4 Å². The van der Waals surface area contributed by atoms with Gasteiger partial charge in [0.15, 0.2) is 6.04 Å². The Balaban J connectivity index is 2.45. The van der Waals surface area contributed by atoms with Crippen molar-refractivity contribution >= 4 is 17.8 Å². The number of aliphatic hydroxyl groups excluding tert-OH is 1. The minimum Gasteiger partial charge on any atom is -0.494 e. The largest absolute Gasteiger partial charge is 0.494 e. The van der Waals surface area contributed by atoms with Gasteiger partial charge in [0.25, 0.3) is 5.91 Å². The highest BCUT2D eigenvalue weighted by Gasteiger charge is 2.20. The van der Waals surface area contributed by atoms with Gasteiger partial charge in [-0.05, 0) is 30.7 Å². The van der Waals surface area contributed by atoms with Crippen LogP contribution in [0.3, 0.4) is 0 Å². The summed E-state index contributed by atoms with van der Waals surface area (Å²) in [4.78, 5) is 35.0. The first-order valence-electron chi connectivity index (χ1n) is 8.00. The first-order valence-corrected chi connectivity index (χ1v) is 8.00. The summed E-state index contributed by atoms with van der Waals surface area (Å²) < 4.78 is 9.94. The van der Waals surface area contributed by atoms with Crippen LogP contribution < -0.4 is 15.4 Å². The molecular formula is C17H24N2O6. The third kappa shape index (κ3) is 7.21. The van der Waals surface area contributed by atoms with Gasteiger partial charge in [0.1, 0.15) is 5.75 Å². The lowest BCUT2D eigenvalue weighted by molar-refractivity contribution is -0.146. The van der Waals surface area contributed by atoms with E-state index in [2.05, 4.69) is 22.3 Å². The summed E-state index contributed by atoms with van der Waals surface area (Å²) in [5.74, 6) is -1.14. The maximum absolute atomic E-state index is 12.0. The molecule has 0 saturated carbocycles. The number of hydrogen-bond donors (Lipinski definition) is 3. The fourth-order valence-electron chi connectivity index (χ4n) is 1.87. The zero-order valence-corrected chi connectivity index (χ0v) is 14.4. The number of ether oxygens (including phenoxy) is 2. The van der Waals surface area contributed by atoms with Crippen LogP contribution >= 0.6 is 0 Å². The lowest BCUT2D eigenvalue weighted by Crippen LogP contribution is -2.47. The maximum Gasteiger partial charge on any atom is 0.330 e. The van der Waals surface area contributed by atoms with Gasteiger partial charge in [-0.25, -0.2) is 4.79 Å². The van der Waals surface area contributed by atoms with Crippen LogP contribution in [0.4, 0.5) is 0 Å². The van der Waals surface area contributed by atoms with E-state index >= 15 is 0 Å². The van der Waals surface area contributed by atoms with Crippen molar-refractivity contribution in [2.45, 2.75) is 25.8 Å². The van der Waals surface area contributed by atoms with Crippen LogP contribution in [0.1, 0.15) is 30.1 Å². The lowest BCUT2D eigenvalue weighted by atomic mass is 10.2. The van der Waals surface area contributed by atoms with Gasteiger partial charge in [-0.2, -0.15) is 0 Å². The van der Waals surface area contributed by atoms with Gasteiger partial charge in [0.2, 0.25) is 5.91 Å². The molecule has 8 heteroatoms. The number of methoxy groups -OCH3 is 1. The summed E-state index contributed by atoms with van der Waals surface area (Å²) in [6.07, 6.45) is 1.99. The van der Waals surface area contributed by atoms with Gasteiger partial charge in [-0.15, -0.1) is 0 Å². The van der Waals surface area contributed by atoms with Gasteiger partial charge < -0.3 is 25.2 Å². The summed E-state index contributed by atoms with van der Waals surface area (Å²) >= 11 is 0. The molecule has 138 valence electrons. The smallest absolute Gasteiger partial charge is 0.330 e. The second-order valence-electron chi connectivity index (χ2n) is 5.23. The number of amides is 2. The van der Waals surface area contributed by atoms with Gasteiger partial charge in [-0.1, -0.05) is 13.3 Å². The quantitative estimate of drug-likeness (QED) is 0.411. The van der Waals surface area contributed by atoms with E-state index in [9.17, 15) is 14.4 Å². The molecule has 0 aliphatic heterocycles. The van der Waals surface area contributed by atoms with Crippen LogP contribution in [-0.4, -0.2) is 55.8 Å². The highest BCUT2D eigenvalue weighted by molar-refractivity contribution is 5.97. The van der Waals surface area contributed by atoms with E-state index in [-0.39, 0.29) is 6.54 Å². The van der Waals surface area contributed by atoms with Crippen molar-refractivity contribution in [2.24, 2.45) is 0 Å². The van der Waals surface area contributed by atoms with Crippen molar-refractivity contribution in [3.8, 4) is 5.75 Å². The number of hydrogen-bond acceptors (Lipinski definition) is 6. The predicted molar refractivity (Wildman–Crippen MR) is 90.2 cm³/mol. The molecule has 1 aromatic carbocycles. The lowest BCUT2D eigenvalue weighted by Gasteiger charge is -2.14. The van der Waals surface area contributed by atoms with Crippen molar-refractivity contribution in [1.29, 1.82) is 0 Å². The van der Waals surface area contributed by atoms with E-state index in [1.165, 1.54) is 0 Å². The summed E-state index contributed by atoms with van der Waals surface area (Å²) in [5.41, 5.74) is 0.377. The van der Waals surface area contributed by atoms with Crippen molar-refractivity contribution in [3.63, 3.8) is 0 Å². The monoisotopic (exact) mass is 352 g/mol. The van der Waals surface area contributed by atoms with E-state index in [1.807, 2.05) is 0 Å². The van der Waals surface area contributed by atoms with Gasteiger partial charge in [0, 0.05) is 5.56 Å². The molecule has 0 aliphatic rings. The highest BCUT2D eigenvalue weighted by atomic mass is 16.5. The zero-order valence-electron chi connectivity index (χ0n) is 14.4. The summed E-state index contributed by atoms with van der Waals surface area (Å²) in [5, 5.41) is 13.7.